The van der Waals surface area contributed by atoms with Crippen molar-refractivity contribution in [3.05, 3.63) is 69.2 Å². The van der Waals surface area contributed by atoms with E-state index < -0.39 is 5.92 Å². The molecule has 2 aromatic carbocycles. The summed E-state index contributed by atoms with van der Waals surface area (Å²) in [5, 5.41) is 1.21. The maximum Gasteiger partial charge on any atom is 0.309 e. The number of carbonyl (C=O) groups excluding carboxylic acids is 2. The van der Waals surface area contributed by atoms with Gasteiger partial charge in [-0.2, -0.15) is 0 Å². The Morgan fingerprint density at radius 3 is 2.50 bits per heavy atom. The Balaban J connectivity index is 2.07. The van der Waals surface area contributed by atoms with Crippen molar-refractivity contribution in [1.29, 1.82) is 0 Å². The van der Waals surface area contributed by atoms with E-state index in [1.807, 2.05) is 30.3 Å². The summed E-state index contributed by atoms with van der Waals surface area (Å²) in [6, 6.07) is 12.7. The van der Waals surface area contributed by atoms with E-state index in [2.05, 4.69) is 0 Å². The van der Waals surface area contributed by atoms with Gasteiger partial charge in [0.15, 0.2) is 5.78 Å². The smallest absolute Gasteiger partial charge is 0.309 e. The molecule has 0 heterocycles. The molecule has 3 nitrogen and oxygen atoms in total. The molecule has 2 aromatic rings. The second-order valence-corrected chi connectivity index (χ2v) is 7.06. The molecule has 0 radical (unpaired) electrons. The van der Waals surface area contributed by atoms with E-state index in [-0.39, 0.29) is 18.2 Å². The molecule has 0 unspecified atom stereocenters. The first-order valence-electron chi connectivity index (χ1n) is 8.44. The van der Waals surface area contributed by atoms with Gasteiger partial charge in [0.05, 0.1) is 12.5 Å². The Labute approximate surface area is 162 Å². The van der Waals surface area contributed by atoms with Crippen molar-refractivity contribution in [3.8, 4) is 0 Å². The van der Waals surface area contributed by atoms with Crippen molar-refractivity contribution in [1.82, 2.24) is 0 Å². The van der Waals surface area contributed by atoms with Crippen LogP contribution in [0.25, 0.3) is 11.6 Å². The lowest BCUT2D eigenvalue weighted by Crippen LogP contribution is -2.21. The predicted molar refractivity (Wildman–Crippen MR) is 104 cm³/mol. The Hall–Kier alpha value is -2.10. The number of esters is 1. The highest BCUT2D eigenvalue weighted by atomic mass is 35.5. The highest BCUT2D eigenvalue weighted by molar-refractivity contribution is 6.31. The zero-order valence-corrected chi connectivity index (χ0v) is 15.8. The number of fused-ring (bicyclic) bond motifs is 1. The summed E-state index contributed by atoms with van der Waals surface area (Å²) in [5.74, 6) is -0.936. The van der Waals surface area contributed by atoms with E-state index in [0.717, 1.165) is 16.7 Å². The van der Waals surface area contributed by atoms with Crippen LogP contribution >= 0.6 is 23.2 Å². The fourth-order valence-electron chi connectivity index (χ4n) is 3.13. The third kappa shape index (κ3) is 4.17. The van der Waals surface area contributed by atoms with Crippen LogP contribution in [0.2, 0.25) is 10.0 Å². The molecule has 0 saturated carbocycles. The van der Waals surface area contributed by atoms with E-state index in [4.69, 9.17) is 27.9 Å². The van der Waals surface area contributed by atoms with Crippen LogP contribution in [0.15, 0.2) is 42.5 Å². The molecular weight excluding hydrogens is 371 g/mol. The maximum absolute atomic E-state index is 12.9. The van der Waals surface area contributed by atoms with Crippen molar-refractivity contribution >= 4 is 46.6 Å². The lowest BCUT2D eigenvalue weighted by molar-refractivity contribution is -0.149. The van der Waals surface area contributed by atoms with Gasteiger partial charge in [-0.3, -0.25) is 9.59 Å². The average Bonchev–Trinajstić information content (AvgIpc) is 2.74. The summed E-state index contributed by atoms with van der Waals surface area (Å²) >= 11 is 12.1. The Morgan fingerprint density at radius 2 is 1.81 bits per heavy atom. The minimum atomic E-state index is -0.504. The number of rotatable bonds is 3. The van der Waals surface area contributed by atoms with Crippen LogP contribution in [0, 0.1) is 5.92 Å². The minimum Gasteiger partial charge on any atom is -0.466 e. The van der Waals surface area contributed by atoms with Gasteiger partial charge in [-0.1, -0.05) is 41.4 Å². The number of ketones is 1. The first-order valence-corrected chi connectivity index (χ1v) is 9.19. The summed E-state index contributed by atoms with van der Waals surface area (Å²) in [4.78, 5) is 25.2. The van der Waals surface area contributed by atoms with Crippen LogP contribution in [-0.2, 0) is 20.7 Å². The topological polar surface area (TPSA) is 43.4 Å². The van der Waals surface area contributed by atoms with Crippen LogP contribution in [0.4, 0.5) is 0 Å². The van der Waals surface area contributed by atoms with Gasteiger partial charge in [-0.15, -0.1) is 0 Å². The van der Waals surface area contributed by atoms with Gasteiger partial charge in [-0.25, -0.2) is 0 Å². The number of halogens is 2. The molecule has 0 aromatic heterocycles. The first kappa shape index (κ1) is 18.7. The number of hydrogen-bond acceptors (Lipinski definition) is 3. The van der Waals surface area contributed by atoms with Gasteiger partial charge < -0.3 is 4.74 Å². The fourth-order valence-corrected chi connectivity index (χ4v) is 3.45. The van der Waals surface area contributed by atoms with Gasteiger partial charge in [0, 0.05) is 22.0 Å². The summed E-state index contributed by atoms with van der Waals surface area (Å²) in [7, 11) is 0. The number of carbonyl (C=O) groups is 2. The predicted octanol–water partition coefficient (Wildman–Crippen LogP) is 5.23. The van der Waals surface area contributed by atoms with Crippen LogP contribution in [0.5, 0.6) is 0 Å². The molecule has 1 aliphatic rings. The fraction of sp³-hybridized carbons (Fsp3) is 0.238. The Bertz CT molecular complexity index is 869. The molecular formula is C21H18Cl2O3. The molecule has 26 heavy (non-hydrogen) atoms. The zero-order valence-electron chi connectivity index (χ0n) is 14.3. The Morgan fingerprint density at radius 1 is 1.12 bits per heavy atom. The number of allylic oxidation sites excluding steroid dienone is 1. The second-order valence-electron chi connectivity index (χ2n) is 6.19. The number of hydrogen-bond donors (Lipinski definition) is 0. The van der Waals surface area contributed by atoms with Crippen molar-refractivity contribution in [3.63, 3.8) is 0 Å². The van der Waals surface area contributed by atoms with Gasteiger partial charge in [0.25, 0.3) is 0 Å². The van der Waals surface area contributed by atoms with Crippen molar-refractivity contribution < 1.29 is 14.3 Å². The quantitative estimate of drug-likeness (QED) is 0.410. The number of Topliss-reactive ketones (excluding diaryl/α,β-unsaturated/α-hetero) is 1. The molecule has 1 atom stereocenters. The average molecular weight is 389 g/mol. The number of benzene rings is 2. The normalized spacial score (nSPS) is 18.3. The van der Waals surface area contributed by atoms with Gasteiger partial charge >= 0.3 is 5.97 Å². The van der Waals surface area contributed by atoms with Gasteiger partial charge in [0.1, 0.15) is 0 Å². The monoisotopic (exact) mass is 388 g/mol. The van der Waals surface area contributed by atoms with Crippen LogP contribution in [-0.4, -0.2) is 18.4 Å². The van der Waals surface area contributed by atoms with Crippen molar-refractivity contribution in [2.75, 3.05) is 6.61 Å². The Kier molecular flexibility index (Phi) is 5.80. The highest BCUT2D eigenvalue weighted by Gasteiger charge is 2.31. The summed E-state index contributed by atoms with van der Waals surface area (Å²) in [6.07, 6.45) is 2.38. The van der Waals surface area contributed by atoms with Crippen LogP contribution in [0.3, 0.4) is 0 Å². The largest absolute Gasteiger partial charge is 0.466 e. The standard InChI is InChI=1S/C21H18Cl2O3/c1-2-26-21(25)15-10-14-11-17(23)7-8-18(14)19(20(24)12-15)9-13-3-5-16(22)6-4-13/h3-9,11,15H,2,10,12H2,1H3/b19-9+/t15-/m0/s1. The molecule has 134 valence electrons. The summed E-state index contributed by atoms with van der Waals surface area (Å²) < 4.78 is 5.14. The second kappa shape index (κ2) is 8.07. The third-order valence-electron chi connectivity index (χ3n) is 4.36. The lowest BCUT2D eigenvalue weighted by atomic mass is 9.96. The molecule has 0 amide bonds. The highest BCUT2D eigenvalue weighted by Crippen LogP contribution is 2.33. The molecule has 0 bridgehead atoms. The van der Waals surface area contributed by atoms with Gasteiger partial charge in [0.2, 0.25) is 0 Å². The summed E-state index contributed by atoms with van der Waals surface area (Å²) in [5.41, 5.74) is 3.13. The molecule has 0 N–H and O–H groups in total. The molecule has 3 rings (SSSR count). The van der Waals surface area contributed by atoms with Gasteiger partial charge in [-0.05, 0) is 60.4 Å². The molecule has 0 fully saturated rings. The molecule has 0 saturated heterocycles. The van der Waals surface area contributed by atoms with Crippen molar-refractivity contribution in [2.45, 2.75) is 19.8 Å². The first-order chi connectivity index (χ1) is 12.5. The van der Waals surface area contributed by atoms with Crippen LogP contribution in [0.1, 0.15) is 30.0 Å². The van der Waals surface area contributed by atoms with E-state index in [1.54, 1.807) is 25.1 Å². The third-order valence-corrected chi connectivity index (χ3v) is 4.84. The molecule has 1 aliphatic carbocycles. The lowest BCUT2D eigenvalue weighted by Gasteiger charge is -2.12. The minimum absolute atomic E-state index is 0.0842. The molecule has 0 aliphatic heterocycles. The SMILES string of the molecule is CCOC(=O)[C@@H]1CC(=O)/C(=C/c2ccc(Cl)cc2)c2ccc(Cl)cc2C1. The molecule has 0 spiro atoms. The number of ether oxygens (including phenoxy) is 1. The van der Waals surface area contributed by atoms with Crippen molar-refractivity contribution in [2.24, 2.45) is 5.92 Å². The van der Waals surface area contributed by atoms with E-state index >= 15 is 0 Å². The summed E-state index contributed by atoms with van der Waals surface area (Å²) in [6.45, 7) is 2.05. The zero-order chi connectivity index (χ0) is 18.7. The van der Waals surface area contributed by atoms with E-state index in [9.17, 15) is 9.59 Å². The van der Waals surface area contributed by atoms with Crippen LogP contribution < -0.4 is 0 Å². The van der Waals surface area contributed by atoms with E-state index in [1.165, 1.54) is 0 Å². The maximum atomic E-state index is 12.9. The van der Waals surface area contributed by atoms with E-state index in [0.29, 0.717) is 28.6 Å². The molecule has 5 heteroatoms.